The molecule has 2 N–H and O–H groups in total. The van der Waals surface area contributed by atoms with E-state index in [9.17, 15) is 0 Å². The number of rotatable bonds is 5. The average Bonchev–Trinajstić information content (AvgIpc) is 2.95. The van der Waals surface area contributed by atoms with Gasteiger partial charge in [-0.2, -0.15) is 0 Å². The molecule has 4 heteroatoms. The monoisotopic (exact) mass is 280 g/mol. The lowest BCUT2D eigenvalue weighted by Gasteiger charge is -2.22. The molecule has 0 radical (unpaired) electrons. The third kappa shape index (κ3) is 2.90. The van der Waals surface area contributed by atoms with Crippen LogP contribution in [0.3, 0.4) is 0 Å². The molecule has 0 fully saturated rings. The maximum atomic E-state index is 5.65. The Bertz CT molecular complexity index is 682. The molecule has 3 rings (SSSR count). The Labute approximate surface area is 124 Å². The van der Waals surface area contributed by atoms with Gasteiger partial charge in [-0.1, -0.05) is 18.2 Å². The molecule has 0 unspecified atom stereocenters. The van der Waals surface area contributed by atoms with Crippen LogP contribution >= 0.6 is 0 Å². The SMILES string of the molecule is CCN(Cc1cn2ccccc2n1)c1ccc(CN)cc1. The Morgan fingerprint density at radius 2 is 1.95 bits per heavy atom. The number of imidazole rings is 1. The Morgan fingerprint density at radius 1 is 1.14 bits per heavy atom. The van der Waals surface area contributed by atoms with Gasteiger partial charge in [-0.25, -0.2) is 4.98 Å². The predicted octanol–water partition coefficient (Wildman–Crippen LogP) is 2.82. The van der Waals surface area contributed by atoms with Crippen molar-refractivity contribution in [3.63, 3.8) is 0 Å². The van der Waals surface area contributed by atoms with Gasteiger partial charge >= 0.3 is 0 Å². The fraction of sp³-hybridized carbons (Fsp3) is 0.235. The first-order chi connectivity index (χ1) is 10.3. The van der Waals surface area contributed by atoms with Crippen molar-refractivity contribution >= 4 is 11.3 Å². The van der Waals surface area contributed by atoms with E-state index in [1.54, 1.807) is 0 Å². The van der Waals surface area contributed by atoms with Gasteiger partial charge in [-0.3, -0.25) is 0 Å². The molecule has 4 nitrogen and oxygen atoms in total. The van der Waals surface area contributed by atoms with Crippen LogP contribution in [0.1, 0.15) is 18.2 Å². The lowest BCUT2D eigenvalue weighted by Crippen LogP contribution is -2.22. The minimum absolute atomic E-state index is 0.582. The molecule has 0 amide bonds. The predicted molar refractivity (Wildman–Crippen MR) is 86.2 cm³/mol. The summed E-state index contributed by atoms with van der Waals surface area (Å²) in [5, 5.41) is 0. The van der Waals surface area contributed by atoms with E-state index >= 15 is 0 Å². The van der Waals surface area contributed by atoms with Crippen molar-refractivity contribution in [2.45, 2.75) is 20.0 Å². The molecule has 0 aliphatic rings. The van der Waals surface area contributed by atoms with Gasteiger partial charge in [0.1, 0.15) is 5.65 Å². The molecule has 0 bridgehead atoms. The fourth-order valence-corrected chi connectivity index (χ4v) is 2.49. The second kappa shape index (κ2) is 5.97. The summed E-state index contributed by atoms with van der Waals surface area (Å²) >= 11 is 0. The van der Waals surface area contributed by atoms with E-state index in [1.165, 1.54) is 5.69 Å². The van der Waals surface area contributed by atoms with Crippen molar-refractivity contribution in [1.29, 1.82) is 0 Å². The first kappa shape index (κ1) is 13.6. The molecule has 0 aliphatic carbocycles. The number of hydrogen-bond donors (Lipinski definition) is 1. The smallest absolute Gasteiger partial charge is 0.137 e. The molecule has 21 heavy (non-hydrogen) atoms. The number of benzene rings is 1. The average molecular weight is 280 g/mol. The molecule has 108 valence electrons. The van der Waals surface area contributed by atoms with Crippen LogP contribution in [0.15, 0.2) is 54.9 Å². The van der Waals surface area contributed by atoms with Crippen LogP contribution in [0.2, 0.25) is 0 Å². The number of aromatic nitrogens is 2. The molecule has 0 atom stereocenters. The van der Waals surface area contributed by atoms with Crippen LogP contribution in [0.4, 0.5) is 5.69 Å². The highest BCUT2D eigenvalue weighted by molar-refractivity contribution is 5.48. The van der Waals surface area contributed by atoms with Gasteiger partial charge in [0, 0.05) is 31.2 Å². The molecule has 3 aromatic rings. The highest BCUT2D eigenvalue weighted by Crippen LogP contribution is 2.18. The van der Waals surface area contributed by atoms with Gasteiger partial charge in [0.05, 0.1) is 12.2 Å². The number of pyridine rings is 1. The van der Waals surface area contributed by atoms with Crippen LogP contribution < -0.4 is 10.6 Å². The van der Waals surface area contributed by atoms with Gasteiger partial charge in [0.2, 0.25) is 0 Å². The van der Waals surface area contributed by atoms with Crippen molar-refractivity contribution in [3.05, 3.63) is 66.1 Å². The quantitative estimate of drug-likeness (QED) is 0.781. The summed E-state index contributed by atoms with van der Waals surface area (Å²) in [7, 11) is 0. The molecule has 1 aromatic carbocycles. The maximum absolute atomic E-state index is 5.65. The van der Waals surface area contributed by atoms with Crippen molar-refractivity contribution in [3.8, 4) is 0 Å². The molecule has 0 saturated carbocycles. The van der Waals surface area contributed by atoms with Crippen LogP contribution in [-0.4, -0.2) is 15.9 Å². The van der Waals surface area contributed by atoms with E-state index in [1.807, 2.05) is 24.4 Å². The Hall–Kier alpha value is -2.33. The topological polar surface area (TPSA) is 46.6 Å². The third-order valence-corrected chi connectivity index (χ3v) is 3.69. The molecule has 2 heterocycles. The maximum Gasteiger partial charge on any atom is 0.137 e. The first-order valence-electron chi connectivity index (χ1n) is 7.26. The van der Waals surface area contributed by atoms with Crippen LogP contribution in [-0.2, 0) is 13.1 Å². The summed E-state index contributed by atoms with van der Waals surface area (Å²) in [5.74, 6) is 0. The molecule has 0 aliphatic heterocycles. The van der Waals surface area contributed by atoms with Crippen LogP contribution in [0, 0.1) is 0 Å². The lowest BCUT2D eigenvalue weighted by molar-refractivity contribution is 0.815. The largest absolute Gasteiger partial charge is 0.366 e. The van der Waals surface area contributed by atoms with Gasteiger partial charge in [0.25, 0.3) is 0 Å². The standard InChI is InChI=1S/C17H20N4/c1-2-20(16-8-6-14(11-18)7-9-16)12-15-13-21-10-4-3-5-17(21)19-15/h3-10,13H,2,11-12,18H2,1H3. The summed E-state index contributed by atoms with van der Waals surface area (Å²) < 4.78 is 2.06. The number of nitrogens with zero attached hydrogens (tertiary/aromatic N) is 3. The third-order valence-electron chi connectivity index (χ3n) is 3.69. The Morgan fingerprint density at radius 3 is 2.62 bits per heavy atom. The summed E-state index contributed by atoms with van der Waals surface area (Å²) in [4.78, 5) is 6.97. The van der Waals surface area contributed by atoms with E-state index in [0.29, 0.717) is 6.54 Å². The van der Waals surface area contributed by atoms with Crippen molar-refractivity contribution in [2.24, 2.45) is 5.73 Å². The van der Waals surface area contributed by atoms with Crippen molar-refractivity contribution in [1.82, 2.24) is 9.38 Å². The van der Waals surface area contributed by atoms with Gasteiger partial charge in [0.15, 0.2) is 0 Å². The number of fused-ring (bicyclic) bond motifs is 1. The molecule has 0 spiro atoms. The van der Waals surface area contributed by atoms with E-state index in [0.717, 1.165) is 30.0 Å². The molecular weight excluding hydrogens is 260 g/mol. The molecular formula is C17H20N4. The van der Waals surface area contributed by atoms with Gasteiger partial charge in [-0.15, -0.1) is 0 Å². The lowest BCUT2D eigenvalue weighted by atomic mass is 10.2. The normalized spacial score (nSPS) is 11.0. The number of nitrogens with two attached hydrogens (primary N) is 1. The summed E-state index contributed by atoms with van der Waals surface area (Å²) in [5.41, 5.74) is 10.1. The molecule has 2 aromatic heterocycles. The van der Waals surface area contributed by atoms with E-state index in [2.05, 4.69) is 51.7 Å². The summed E-state index contributed by atoms with van der Waals surface area (Å²) in [6.45, 7) is 4.49. The van der Waals surface area contributed by atoms with Gasteiger partial charge in [-0.05, 0) is 36.8 Å². The summed E-state index contributed by atoms with van der Waals surface area (Å²) in [6.07, 6.45) is 4.12. The van der Waals surface area contributed by atoms with Gasteiger partial charge < -0.3 is 15.0 Å². The van der Waals surface area contributed by atoms with E-state index in [-0.39, 0.29) is 0 Å². The van der Waals surface area contributed by atoms with Crippen molar-refractivity contribution in [2.75, 3.05) is 11.4 Å². The highest BCUT2D eigenvalue weighted by atomic mass is 15.1. The first-order valence-corrected chi connectivity index (χ1v) is 7.26. The zero-order chi connectivity index (χ0) is 14.7. The molecule has 0 saturated heterocycles. The number of anilines is 1. The second-order valence-electron chi connectivity index (χ2n) is 5.08. The van der Waals surface area contributed by atoms with E-state index < -0.39 is 0 Å². The highest BCUT2D eigenvalue weighted by Gasteiger charge is 2.08. The van der Waals surface area contributed by atoms with Crippen molar-refractivity contribution < 1.29 is 0 Å². The Kier molecular flexibility index (Phi) is 3.88. The Balaban J connectivity index is 1.82. The number of hydrogen-bond acceptors (Lipinski definition) is 3. The minimum Gasteiger partial charge on any atom is -0.366 e. The van der Waals surface area contributed by atoms with Crippen LogP contribution in [0.5, 0.6) is 0 Å². The van der Waals surface area contributed by atoms with E-state index in [4.69, 9.17) is 5.73 Å². The zero-order valence-electron chi connectivity index (χ0n) is 12.2. The fourth-order valence-electron chi connectivity index (χ4n) is 2.49. The second-order valence-corrected chi connectivity index (χ2v) is 5.08. The van der Waals surface area contributed by atoms with Crippen LogP contribution in [0.25, 0.3) is 5.65 Å². The zero-order valence-corrected chi connectivity index (χ0v) is 12.2. The minimum atomic E-state index is 0.582. The summed E-state index contributed by atoms with van der Waals surface area (Å²) in [6, 6.07) is 14.5.